The van der Waals surface area contributed by atoms with Gasteiger partial charge in [-0.2, -0.15) is 0 Å². The summed E-state index contributed by atoms with van der Waals surface area (Å²) in [5, 5.41) is 9.22. The Morgan fingerprint density at radius 2 is 1.68 bits per heavy atom. The number of pyridine rings is 1. The maximum absolute atomic E-state index is 13.7. The summed E-state index contributed by atoms with van der Waals surface area (Å²) in [5.74, 6) is -0.548. The van der Waals surface area contributed by atoms with Gasteiger partial charge in [-0.25, -0.2) is 9.78 Å². The van der Waals surface area contributed by atoms with Gasteiger partial charge in [0.25, 0.3) is 0 Å². The first-order valence-electron chi connectivity index (χ1n) is 13.6. The molecule has 0 unspecified atom stereocenters. The zero-order valence-electron chi connectivity index (χ0n) is 23.2. The van der Waals surface area contributed by atoms with Gasteiger partial charge in [0.05, 0.1) is 17.5 Å². The van der Waals surface area contributed by atoms with Crippen LogP contribution in [0.2, 0.25) is 0 Å². The van der Waals surface area contributed by atoms with E-state index in [1.807, 2.05) is 74.5 Å². The standard InChI is InChI=1S/C31H35N6O4/c1-21(2)13-15-34-29(38)27(17-25-18-32-20-35-25)36-30(39)26(37-31(40)41-19-22-8-4-3-5-9-22)16-24-11-6-10-23-12-7-14-33-28(23)24/h3-12,14-15,18,20-21,26-27H,13,16-17,19H2,1-2H3,(H,32,35)(H,34,38)(H,36,39)(H,37,40)/t26-,27+/m1/s1. The molecule has 4 rings (SSSR count). The molecular weight excluding hydrogens is 520 g/mol. The molecule has 41 heavy (non-hydrogen) atoms. The van der Waals surface area contributed by atoms with Crippen molar-refractivity contribution < 1.29 is 19.1 Å². The maximum atomic E-state index is 13.7. The number of carbonyl (C=O) groups excluding carboxylic acids is 3. The first-order valence-corrected chi connectivity index (χ1v) is 13.6. The highest BCUT2D eigenvalue weighted by atomic mass is 16.5. The molecule has 4 N–H and O–H groups in total. The van der Waals surface area contributed by atoms with Crippen molar-refractivity contribution >= 4 is 28.8 Å². The van der Waals surface area contributed by atoms with E-state index >= 15 is 0 Å². The number of fused-ring (bicyclic) bond motifs is 1. The van der Waals surface area contributed by atoms with E-state index in [4.69, 9.17) is 4.74 Å². The van der Waals surface area contributed by atoms with Crippen molar-refractivity contribution in [3.63, 3.8) is 0 Å². The molecule has 0 saturated carbocycles. The number of alkyl carbamates (subject to hydrolysis) is 1. The number of amides is 3. The lowest BCUT2D eigenvalue weighted by molar-refractivity contribution is -0.129. The second kappa shape index (κ2) is 14.6. The molecule has 4 aromatic rings. The van der Waals surface area contributed by atoms with Crippen molar-refractivity contribution in [3.05, 3.63) is 103 Å². The Kier molecular flexibility index (Phi) is 10.4. The number of hydrogen-bond donors (Lipinski definition) is 4. The number of para-hydroxylation sites is 1. The van der Waals surface area contributed by atoms with Crippen LogP contribution in [0.4, 0.5) is 4.79 Å². The van der Waals surface area contributed by atoms with Gasteiger partial charge in [0, 0.05) is 37.2 Å². The van der Waals surface area contributed by atoms with Crippen LogP contribution in [0.3, 0.4) is 0 Å². The zero-order valence-corrected chi connectivity index (χ0v) is 23.2. The number of nitrogens with zero attached hydrogens (tertiary/aromatic N) is 2. The van der Waals surface area contributed by atoms with Gasteiger partial charge in [0.15, 0.2) is 0 Å². The van der Waals surface area contributed by atoms with Crippen molar-refractivity contribution in [1.82, 2.24) is 30.9 Å². The summed E-state index contributed by atoms with van der Waals surface area (Å²) in [6.07, 6.45) is 5.09. The molecule has 10 heteroatoms. The third kappa shape index (κ3) is 8.89. The summed E-state index contributed by atoms with van der Waals surface area (Å²) in [4.78, 5) is 51.2. The maximum Gasteiger partial charge on any atom is 0.408 e. The van der Waals surface area contributed by atoms with Crippen LogP contribution in [-0.2, 0) is 33.8 Å². The number of H-pyrrole nitrogens is 1. The Bertz CT molecular complexity index is 1420. The van der Waals surface area contributed by atoms with Gasteiger partial charge in [0.2, 0.25) is 11.8 Å². The quantitative estimate of drug-likeness (QED) is 0.198. The van der Waals surface area contributed by atoms with Gasteiger partial charge in [0.1, 0.15) is 18.7 Å². The Balaban J connectivity index is 1.53. The van der Waals surface area contributed by atoms with Crippen LogP contribution in [0, 0.1) is 12.5 Å². The van der Waals surface area contributed by atoms with E-state index in [-0.39, 0.29) is 25.4 Å². The number of carbonyl (C=O) groups is 3. The van der Waals surface area contributed by atoms with Crippen LogP contribution in [0.5, 0.6) is 0 Å². The molecule has 0 fully saturated rings. The van der Waals surface area contributed by atoms with E-state index < -0.39 is 24.1 Å². The van der Waals surface area contributed by atoms with Gasteiger partial charge >= 0.3 is 6.09 Å². The van der Waals surface area contributed by atoms with Gasteiger partial charge in [-0.05, 0) is 29.5 Å². The largest absolute Gasteiger partial charge is 0.445 e. The molecule has 2 aromatic heterocycles. The van der Waals surface area contributed by atoms with Crippen molar-refractivity contribution in [3.8, 4) is 0 Å². The molecule has 0 aliphatic rings. The van der Waals surface area contributed by atoms with Crippen LogP contribution in [0.15, 0.2) is 79.4 Å². The lowest BCUT2D eigenvalue weighted by Crippen LogP contribution is -2.55. The Hall–Kier alpha value is -4.73. The van der Waals surface area contributed by atoms with Crippen LogP contribution in [0.25, 0.3) is 10.9 Å². The highest BCUT2D eigenvalue weighted by molar-refractivity contribution is 5.92. The molecule has 0 spiro atoms. The Morgan fingerprint density at radius 1 is 0.902 bits per heavy atom. The van der Waals surface area contributed by atoms with Gasteiger partial charge in [-0.15, -0.1) is 0 Å². The molecule has 1 radical (unpaired) electrons. The highest BCUT2D eigenvalue weighted by Crippen LogP contribution is 2.18. The number of benzene rings is 2. The number of hydrogen-bond acceptors (Lipinski definition) is 6. The Labute approximate surface area is 239 Å². The summed E-state index contributed by atoms with van der Waals surface area (Å²) in [5.41, 5.74) is 2.92. The first-order chi connectivity index (χ1) is 19.9. The minimum atomic E-state index is -1.04. The summed E-state index contributed by atoms with van der Waals surface area (Å²) in [7, 11) is 0. The molecule has 2 atom stereocenters. The van der Waals surface area contributed by atoms with E-state index in [0.29, 0.717) is 18.0 Å². The third-order valence-electron chi connectivity index (χ3n) is 6.40. The second-order valence-corrected chi connectivity index (χ2v) is 10.1. The van der Waals surface area contributed by atoms with Gasteiger partial charge < -0.3 is 25.7 Å². The molecule has 0 saturated heterocycles. The fraction of sp³-hybridized carbons (Fsp3) is 0.290. The topological polar surface area (TPSA) is 138 Å². The minimum Gasteiger partial charge on any atom is -0.445 e. The third-order valence-corrected chi connectivity index (χ3v) is 6.40. The molecule has 10 nitrogen and oxygen atoms in total. The minimum absolute atomic E-state index is 0.0483. The number of rotatable bonds is 13. The fourth-order valence-electron chi connectivity index (χ4n) is 4.26. The average molecular weight is 556 g/mol. The summed E-state index contributed by atoms with van der Waals surface area (Å²) < 4.78 is 5.40. The molecule has 213 valence electrons. The van der Waals surface area contributed by atoms with Crippen LogP contribution in [0.1, 0.15) is 37.1 Å². The predicted octanol–water partition coefficient (Wildman–Crippen LogP) is 3.85. The van der Waals surface area contributed by atoms with E-state index in [1.165, 1.54) is 6.33 Å². The molecule has 2 heterocycles. The number of aromatic amines is 1. The van der Waals surface area contributed by atoms with Crippen molar-refractivity contribution in [2.45, 2.75) is 51.8 Å². The van der Waals surface area contributed by atoms with Gasteiger partial charge in [-0.1, -0.05) is 68.4 Å². The molecule has 0 bridgehead atoms. The fourth-order valence-corrected chi connectivity index (χ4v) is 4.26. The number of nitrogens with one attached hydrogen (secondary N) is 4. The SMILES string of the molecule is CC(C)C[CH]NC(=O)[C@H](Cc1c[nH]cn1)NC(=O)[C@@H](Cc1cccc2cccnc12)NC(=O)OCc1ccccc1. The summed E-state index contributed by atoms with van der Waals surface area (Å²) >= 11 is 0. The van der Waals surface area contributed by atoms with Gasteiger partial charge in [-0.3, -0.25) is 14.6 Å². The molecule has 0 aliphatic heterocycles. The summed E-state index contributed by atoms with van der Waals surface area (Å²) in [6, 6.07) is 16.7. The lowest BCUT2D eigenvalue weighted by atomic mass is 10.0. The van der Waals surface area contributed by atoms with E-state index in [2.05, 4.69) is 30.9 Å². The van der Waals surface area contributed by atoms with Crippen LogP contribution >= 0.6 is 0 Å². The molecule has 2 aromatic carbocycles. The van der Waals surface area contributed by atoms with Crippen molar-refractivity contribution in [2.75, 3.05) is 0 Å². The second-order valence-electron chi connectivity index (χ2n) is 10.1. The smallest absolute Gasteiger partial charge is 0.408 e. The Morgan fingerprint density at radius 3 is 2.44 bits per heavy atom. The molecular formula is C31H35N6O4. The van der Waals surface area contributed by atoms with E-state index in [0.717, 1.165) is 22.0 Å². The van der Waals surface area contributed by atoms with Crippen molar-refractivity contribution in [2.24, 2.45) is 5.92 Å². The lowest BCUT2D eigenvalue weighted by Gasteiger charge is -2.23. The summed E-state index contributed by atoms with van der Waals surface area (Å²) in [6.45, 7) is 5.82. The van der Waals surface area contributed by atoms with Crippen molar-refractivity contribution in [1.29, 1.82) is 0 Å². The predicted molar refractivity (Wildman–Crippen MR) is 155 cm³/mol. The number of aromatic nitrogens is 3. The first kappa shape index (κ1) is 29.3. The average Bonchev–Trinajstić information content (AvgIpc) is 3.49. The van der Waals surface area contributed by atoms with E-state index in [9.17, 15) is 14.4 Å². The van der Waals surface area contributed by atoms with Crippen LogP contribution in [-0.4, -0.2) is 44.9 Å². The number of ether oxygens (including phenoxy) is 1. The highest BCUT2D eigenvalue weighted by Gasteiger charge is 2.28. The van der Waals surface area contributed by atoms with Crippen LogP contribution < -0.4 is 16.0 Å². The van der Waals surface area contributed by atoms with E-state index in [1.54, 1.807) is 18.9 Å². The normalized spacial score (nSPS) is 12.5. The molecule has 0 aliphatic carbocycles. The molecule has 3 amide bonds. The monoisotopic (exact) mass is 555 g/mol. The zero-order chi connectivity index (χ0) is 29.0. The number of imidazole rings is 1.